The first kappa shape index (κ1) is 14.5. The van der Waals surface area contributed by atoms with E-state index >= 15 is 0 Å². The van der Waals surface area contributed by atoms with Gasteiger partial charge in [0.1, 0.15) is 5.75 Å². The van der Waals surface area contributed by atoms with Crippen LogP contribution in [0, 0.1) is 0 Å². The van der Waals surface area contributed by atoms with Crippen molar-refractivity contribution in [1.29, 1.82) is 0 Å². The van der Waals surface area contributed by atoms with Crippen molar-refractivity contribution in [3.05, 3.63) is 29.8 Å². The minimum Gasteiger partial charge on any atom is -0.491 e. The molecule has 0 amide bonds. The van der Waals surface area contributed by atoms with E-state index in [2.05, 4.69) is 0 Å². The smallest absolute Gasteiger partial charge is 0.338 e. The van der Waals surface area contributed by atoms with Gasteiger partial charge in [0, 0.05) is 6.61 Å². The number of benzene rings is 1. The van der Waals surface area contributed by atoms with E-state index < -0.39 is 0 Å². The van der Waals surface area contributed by atoms with Gasteiger partial charge in [-0.25, -0.2) is 4.79 Å². The number of ether oxygens (including phenoxy) is 2. The van der Waals surface area contributed by atoms with Gasteiger partial charge in [0.05, 0.1) is 18.3 Å². The Bertz CT molecular complexity index is 357. The quantitative estimate of drug-likeness (QED) is 0.598. The van der Waals surface area contributed by atoms with E-state index in [0.717, 1.165) is 5.75 Å². The fourth-order valence-electron chi connectivity index (χ4n) is 1.40. The summed E-state index contributed by atoms with van der Waals surface area (Å²) >= 11 is 0. The molecule has 1 rings (SSSR count). The third kappa shape index (κ3) is 5.19. The Morgan fingerprint density at radius 2 is 1.89 bits per heavy atom. The van der Waals surface area contributed by atoms with Crippen LogP contribution in [-0.4, -0.2) is 30.4 Å². The lowest BCUT2D eigenvalue weighted by Gasteiger charge is -2.10. The number of carbonyl (C=O) groups excluding carboxylic acids is 1. The SMILES string of the molecule is CC(C)Oc1ccc(C(=O)OCCCCO)cc1. The second-order valence-electron chi connectivity index (χ2n) is 4.26. The summed E-state index contributed by atoms with van der Waals surface area (Å²) in [7, 11) is 0. The molecule has 0 radical (unpaired) electrons. The van der Waals surface area contributed by atoms with Crippen LogP contribution in [0.4, 0.5) is 0 Å². The average Bonchev–Trinajstić information content (AvgIpc) is 2.34. The number of aliphatic hydroxyl groups excluding tert-OH is 1. The summed E-state index contributed by atoms with van der Waals surface area (Å²) in [5, 5.41) is 8.60. The molecule has 18 heavy (non-hydrogen) atoms. The predicted octanol–water partition coefficient (Wildman–Crippen LogP) is 2.40. The maximum atomic E-state index is 11.6. The van der Waals surface area contributed by atoms with E-state index in [0.29, 0.717) is 25.0 Å². The topological polar surface area (TPSA) is 55.8 Å². The molecule has 1 aromatic rings. The summed E-state index contributed by atoms with van der Waals surface area (Å²) in [6, 6.07) is 6.88. The van der Waals surface area contributed by atoms with Crippen molar-refractivity contribution < 1.29 is 19.4 Å². The predicted molar refractivity (Wildman–Crippen MR) is 68.8 cm³/mol. The first-order valence-electron chi connectivity index (χ1n) is 6.18. The number of aliphatic hydroxyl groups is 1. The van der Waals surface area contributed by atoms with E-state index in [-0.39, 0.29) is 18.7 Å². The van der Waals surface area contributed by atoms with Gasteiger partial charge in [0.15, 0.2) is 0 Å². The highest BCUT2D eigenvalue weighted by atomic mass is 16.5. The zero-order valence-corrected chi connectivity index (χ0v) is 10.9. The normalized spacial score (nSPS) is 10.4. The van der Waals surface area contributed by atoms with Gasteiger partial charge >= 0.3 is 5.97 Å². The van der Waals surface area contributed by atoms with E-state index in [1.54, 1.807) is 24.3 Å². The van der Waals surface area contributed by atoms with Crippen LogP contribution in [0.3, 0.4) is 0 Å². The number of hydrogen-bond donors (Lipinski definition) is 1. The van der Waals surface area contributed by atoms with Crippen molar-refractivity contribution >= 4 is 5.97 Å². The molecule has 0 aliphatic carbocycles. The molecule has 100 valence electrons. The molecule has 0 aromatic heterocycles. The zero-order valence-electron chi connectivity index (χ0n) is 10.9. The second kappa shape index (κ2) is 7.71. The number of hydrogen-bond acceptors (Lipinski definition) is 4. The monoisotopic (exact) mass is 252 g/mol. The van der Waals surface area contributed by atoms with Gasteiger partial charge in [-0.15, -0.1) is 0 Å². The van der Waals surface area contributed by atoms with Crippen LogP contribution in [0.25, 0.3) is 0 Å². The standard InChI is InChI=1S/C14H20O4/c1-11(2)18-13-7-5-12(6-8-13)14(16)17-10-4-3-9-15/h5-8,11,15H,3-4,9-10H2,1-2H3. The summed E-state index contributed by atoms with van der Waals surface area (Å²) in [5.74, 6) is 0.394. The highest BCUT2D eigenvalue weighted by Gasteiger charge is 2.07. The van der Waals surface area contributed by atoms with Gasteiger partial charge in [-0.1, -0.05) is 0 Å². The van der Waals surface area contributed by atoms with Crippen LogP contribution in [-0.2, 0) is 4.74 Å². The molecular formula is C14H20O4. The summed E-state index contributed by atoms with van der Waals surface area (Å²) < 4.78 is 10.5. The zero-order chi connectivity index (χ0) is 13.4. The Morgan fingerprint density at radius 1 is 1.22 bits per heavy atom. The van der Waals surface area contributed by atoms with Crippen LogP contribution in [0.2, 0.25) is 0 Å². The molecule has 1 N–H and O–H groups in total. The molecule has 4 heteroatoms. The van der Waals surface area contributed by atoms with Crippen LogP contribution < -0.4 is 4.74 Å². The molecule has 0 aliphatic heterocycles. The Labute approximate surface area is 108 Å². The lowest BCUT2D eigenvalue weighted by molar-refractivity contribution is 0.0492. The molecule has 0 aliphatic rings. The van der Waals surface area contributed by atoms with Crippen molar-refractivity contribution in [3.63, 3.8) is 0 Å². The lowest BCUT2D eigenvalue weighted by Crippen LogP contribution is -2.08. The lowest BCUT2D eigenvalue weighted by atomic mass is 10.2. The fourth-order valence-corrected chi connectivity index (χ4v) is 1.40. The van der Waals surface area contributed by atoms with Crippen LogP contribution in [0.5, 0.6) is 5.75 Å². The van der Waals surface area contributed by atoms with Crippen LogP contribution in [0.15, 0.2) is 24.3 Å². The number of esters is 1. The maximum absolute atomic E-state index is 11.6. The number of carbonyl (C=O) groups is 1. The average molecular weight is 252 g/mol. The second-order valence-corrected chi connectivity index (χ2v) is 4.26. The number of rotatable bonds is 7. The molecule has 0 heterocycles. The first-order chi connectivity index (χ1) is 8.63. The van der Waals surface area contributed by atoms with Gasteiger partial charge in [0.25, 0.3) is 0 Å². The van der Waals surface area contributed by atoms with E-state index in [1.807, 2.05) is 13.8 Å². The van der Waals surface area contributed by atoms with Crippen molar-refractivity contribution in [3.8, 4) is 5.75 Å². The Kier molecular flexibility index (Phi) is 6.22. The summed E-state index contributed by atoms with van der Waals surface area (Å²) in [6.45, 7) is 4.36. The van der Waals surface area contributed by atoms with E-state index in [1.165, 1.54) is 0 Å². The summed E-state index contributed by atoms with van der Waals surface area (Å²) in [4.78, 5) is 11.6. The molecule has 4 nitrogen and oxygen atoms in total. The van der Waals surface area contributed by atoms with E-state index in [9.17, 15) is 4.79 Å². The molecule has 0 fully saturated rings. The van der Waals surface area contributed by atoms with Crippen molar-refractivity contribution in [2.75, 3.05) is 13.2 Å². The Balaban J connectivity index is 2.43. The molecule has 0 spiro atoms. The summed E-state index contributed by atoms with van der Waals surface area (Å²) in [5.41, 5.74) is 0.509. The third-order valence-electron chi connectivity index (χ3n) is 2.25. The molecule has 0 atom stereocenters. The highest BCUT2D eigenvalue weighted by Crippen LogP contribution is 2.14. The number of unbranched alkanes of at least 4 members (excludes halogenated alkanes) is 1. The van der Waals surface area contributed by atoms with Gasteiger partial charge in [-0.2, -0.15) is 0 Å². The molecule has 0 saturated carbocycles. The first-order valence-corrected chi connectivity index (χ1v) is 6.18. The third-order valence-corrected chi connectivity index (χ3v) is 2.25. The Morgan fingerprint density at radius 3 is 2.44 bits per heavy atom. The van der Waals surface area contributed by atoms with Gasteiger partial charge in [0.2, 0.25) is 0 Å². The maximum Gasteiger partial charge on any atom is 0.338 e. The van der Waals surface area contributed by atoms with Crippen molar-refractivity contribution in [2.45, 2.75) is 32.8 Å². The fraction of sp³-hybridized carbons (Fsp3) is 0.500. The van der Waals surface area contributed by atoms with Crippen LogP contribution >= 0.6 is 0 Å². The molecular weight excluding hydrogens is 232 g/mol. The van der Waals surface area contributed by atoms with Gasteiger partial charge in [-0.05, 0) is 51.0 Å². The van der Waals surface area contributed by atoms with Crippen LogP contribution in [0.1, 0.15) is 37.0 Å². The van der Waals surface area contributed by atoms with Crippen molar-refractivity contribution in [2.24, 2.45) is 0 Å². The van der Waals surface area contributed by atoms with Crippen molar-refractivity contribution in [1.82, 2.24) is 0 Å². The summed E-state index contributed by atoms with van der Waals surface area (Å²) in [6.07, 6.45) is 1.44. The Hall–Kier alpha value is -1.55. The van der Waals surface area contributed by atoms with Gasteiger partial charge in [-0.3, -0.25) is 0 Å². The van der Waals surface area contributed by atoms with Gasteiger partial charge < -0.3 is 14.6 Å². The minimum absolute atomic E-state index is 0.112. The molecule has 0 saturated heterocycles. The molecule has 1 aromatic carbocycles. The molecule has 0 bridgehead atoms. The van der Waals surface area contributed by atoms with E-state index in [4.69, 9.17) is 14.6 Å². The molecule has 0 unspecified atom stereocenters. The minimum atomic E-state index is -0.343. The highest BCUT2D eigenvalue weighted by molar-refractivity contribution is 5.89. The largest absolute Gasteiger partial charge is 0.491 e.